The van der Waals surface area contributed by atoms with Gasteiger partial charge in [0.2, 0.25) is 5.91 Å². The lowest BCUT2D eigenvalue weighted by Gasteiger charge is -2.24. The number of rotatable bonds is 9. The second-order valence-electron chi connectivity index (χ2n) is 10.2. The van der Waals surface area contributed by atoms with Crippen LogP contribution in [-0.4, -0.2) is 90.9 Å². The van der Waals surface area contributed by atoms with Gasteiger partial charge in [0.05, 0.1) is 12.9 Å². The fourth-order valence-corrected chi connectivity index (χ4v) is 4.97. The molecule has 1 fully saturated rings. The number of imidazole rings is 1. The Bertz CT molecular complexity index is 1410. The average Bonchev–Trinajstić information content (AvgIpc) is 3.63. The normalized spacial score (nSPS) is 26.3. The van der Waals surface area contributed by atoms with Gasteiger partial charge in [0.1, 0.15) is 29.4 Å². The molecule has 0 radical (unpaired) electrons. The molecule has 206 valence electrons. The molecule has 5 rings (SSSR count). The summed E-state index contributed by atoms with van der Waals surface area (Å²) in [6.45, 7) is -0.453. The molecule has 12 heteroatoms. The maximum absolute atomic E-state index is 12.2. The van der Waals surface area contributed by atoms with Crippen LogP contribution in [0, 0.1) is 0 Å². The Morgan fingerprint density at radius 3 is 2.62 bits per heavy atom. The average molecular weight is 536 g/mol. The number of benzene rings is 1. The SMILES string of the molecule is CN(C)C(=O)CCC1=CC(CCc2ccccc2)(c2nc(N)c3ncn([C@@H]4O[C@H](CO)C(O)C4O)c3n2)N=C1. The fourth-order valence-electron chi connectivity index (χ4n) is 4.97. The molecule has 1 amide bonds. The Kier molecular flexibility index (Phi) is 7.45. The van der Waals surface area contributed by atoms with E-state index in [9.17, 15) is 20.1 Å². The van der Waals surface area contributed by atoms with Crippen LogP contribution in [0.1, 0.15) is 36.9 Å². The van der Waals surface area contributed by atoms with Gasteiger partial charge in [-0.3, -0.25) is 14.4 Å². The number of aliphatic hydroxyl groups excluding tert-OH is 3. The molecule has 0 bridgehead atoms. The highest BCUT2D eigenvalue weighted by atomic mass is 16.6. The maximum Gasteiger partial charge on any atom is 0.222 e. The summed E-state index contributed by atoms with van der Waals surface area (Å²) in [6.07, 6.45) is 2.72. The van der Waals surface area contributed by atoms with Crippen LogP contribution in [0.15, 0.2) is 53.3 Å². The molecule has 4 heterocycles. The van der Waals surface area contributed by atoms with Crippen LogP contribution < -0.4 is 5.73 Å². The second-order valence-corrected chi connectivity index (χ2v) is 10.2. The van der Waals surface area contributed by atoms with Crippen molar-refractivity contribution in [3.63, 3.8) is 0 Å². The number of allylic oxidation sites excluding steroid dienone is 1. The van der Waals surface area contributed by atoms with Crippen LogP contribution in [-0.2, 0) is 21.5 Å². The van der Waals surface area contributed by atoms with Gasteiger partial charge < -0.3 is 30.7 Å². The Morgan fingerprint density at radius 1 is 1.15 bits per heavy atom. The number of aliphatic imine (C=N–C) groups is 1. The highest BCUT2D eigenvalue weighted by Crippen LogP contribution is 2.38. The first-order chi connectivity index (χ1) is 18.7. The monoisotopic (exact) mass is 535 g/mol. The quantitative estimate of drug-likeness (QED) is 0.308. The number of hydrogen-bond acceptors (Lipinski definition) is 10. The Balaban J connectivity index is 1.53. The zero-order chi connectivity index (χ0) is 27.7. The van der Waals surface area contributed by atoms with Crippen LogP contribution >= 0.6 is 0 Å². The topological polar surface area (TPSA) is 172 Å². The maximum atomic E-state index is 12.2. The summed E-state index contributed by atoms with van der Waals surface area (Å²) in [5.41, 5.74) is 8.06. The highest BCUT2D eigenvalue weighted by Gasteiger charge is 2.44. The predicted molar refractivity (Wildman–Crippen MR) is 144 cm³/mol. The summed E-state index contributed by atoms with van der Waals surface area (Å²) < 4.78 is 7.20. The van der Waals surface area contributed by atoms with Crippen molar-refractivity contribution in [1.29, 1.82) is 0 Å². The van der Waals surface area contributed by atoms with E-state index in [1.165, 1.54) is 10.9 Å². The zero-order valence-electron chi connectivity index (χ0n) is 21.9. The van der Waals surface area contributed by atoms with Gasteiger partial charge in [-0.2, -0.15) is 0 Å². The van der Waals surface area contributed by atoms with E-state index in [2.05, 4.69) is 9.97 Å². The summed E-state index contributed by atoms with van der Waals surface area (Å²) in [5, 5.41) is 30.4. The fraction of sp³-hybridized carbons (Fsp3) is 0.444. The lowest BCUT2D eigenvalue weighted by molar-refractivity contribution is -0.128. The lowest BCUT2D eigenvalue weighted by atomic mass is 9.90. The first-order valence-electron chi connectivity index (χ1n) is 12.9. The molecule has 1 aromatic carbocycles. The van der Waals surface area contributed by atoms with Crippen molar-refractivity contribution in [2.24, 2.45) is 4.99 Å². The van der Waals surface area contributed by atoms with E-state index in [0.29, 0.717) is 42.7 Å². The summed E-state index contributed by atoms with van der Waals surface area (Å²) in [6, 6.07) is 10.0. The molecular formula is C27H33N7O5. The number of aryl methyl sites for hydroxylation is 1. The third-order valence-electron chi connectivity index (χ3n) is 7.28. The molecule has 5 N–H and O–H groups in total. The Hall–Kier alpha value is -3.71. The summed E-state index contributed by atoms with van der Waals surface area (Å²) >= 11 is 0. The van der Waals surface area contributed by atoms with Gasteiger partial charge in [-0.25, -0.2) is 15.0 Å². The number of carbonyl (C=O) groups excluding carboxylic acids is 1. The third kappa shape index (κ3) is 5.15. The summed E-state index contributed by atoms with van der Waals surface area (Å²) in [4.78, 5) is 32.4. The van der Waals surface area contributed by atoms with Gasteiger partial charge in [0.25, 0.3) is 0 Å². The predicted octanol–water partition coefficient (Wildman–Crippen LogP) is 0.727. The van der Waals surface area contributed by atoms with E-state index >= 15 is 0 Å². The molecule has 39 heavy (non-hydrogen) atoms. The van der Waals surface area contributed by atoms with Crippen molar-refractivity contribution in [3.8, 4) is 0 Å². The van der Waals surface area contributed by atoms with Gasteiger partial charge in [0.15, 0.2) is 23.5 Å². The van der Waals surface area contributed by atoms with E-state index in [0.717, 1.165) is 11.1 Å². The number of fused-ring (bicyclic) bond motifs is 1. The number of nitrogens with two attached hydrogens (primary N) is 1. The van der Waals surface area contributed by atoms with Crippen molar-refractivity contribution < 1.29 is 24.9 Å². The van der Waals surface area contributed by atoms with E-state index in [4.69, 9.17) is 20.4 Å². The minimum atomic E-state index is -1.31. The number of anilines is 1. The number of aromatic nitrogens is 4. The lowest BCUT2D eigenvalue weighted by Crippen LogP contribution is -2.33. The molecule has 0 saturated carbocycles. The molecule has 0 spiro atoms. The number of amides is 1. The summed E-state index contributed by atoms with van der Waals surface area (Å²) in [5.74, 6) is 0.511. The molecule has 3 unspecified atom stereocenters. The number of nitrogens with zero attached hydrogens (tertiary/aromatic N) is 6. The minimum Gasteiger partial charge on any atom is -0.394 e. The third-order valence-corrected chi connectivity index (χ3v) is 7.28. The molecule has 2 aliphatic heterocycles. The van der Waals surface area contributed by atoms with Gasteiger partial charge in [-0.1, -0.05) is 30.3 Å². The molecule has 1 saturated heterocycles. The van der Waals surface area contributed by atoms with Crippen LogP contribution in [0.2, 0.25) is 0 Å². The highest BCUT2D eigenvalue weighted by molar-refractivity contribution is 5.85. The number of aliphatic hydroxyl groups is 3. The molecule has 2 aromatic heterocycles. The molecule has 0 aliphatic carbocycles. The van der Waals surface area contributed by atoms with Crippen LogP contribution in [0.4, 0.5) is 5.82 Å². The smallest absolute Gasteiger partial charge is 0.222 e. The Labute approximate surface area is 225 Å². The Morgan fingerprint density at radius 2 is 1.92 bits per heavy atom. The van der Waals surface area contributed by atoms with Crippen molar-refractivity contribution in [3.05, 3.63) is 59.7 Å². The molecule has 3 aromatic rings. The molecule has 2 aliphatic rings. The van der Waals surface area contributed by atoms with E-state index in [-0.39, 0.29) is 11.7 Å². The molecule has 5 atom stereocenters. The van der Waals surface area contributed by atoms with Crippen LogP contribution in [0.3, 0.4) is 0 Å². The summed E-state index contributed by atoms with van der Waals surface area (Å²) in [7, 11) is 3.46. The number of carbonyl (C=O) groups is 1. The van der Waals surface area contributed by atoms with E-state index in [1.54, 1.807) is 25.2 Å². The van der Waals surface area contributed by atoms with Crippen molar-refractivity contribution >= 4 is 29.1 Å². The first-order valence-corrected chi connectivity index (χ1v) is 12.9. The van der Waals surface area contributed by atoms with Gasteiger partial charge in [-0.15, -0.1) is 0 Å². The molecular weight excluding hydrogens is 502 g/mol. The van der Waals surface area contributed by atoms with Crippen molar-refractivity contribution in [1.82, 2.24) is 24.4 Å². The van der Waals surface area contributed by atoms with Gasteiger partial charge >= 0.3 is 0 Å². The molecule has 12 nitrogen and oxygen atoms in total. The van der Waals surface area contributed by atoms with Gasteiger partial charge in [-0.05, 0) is 36.5 Å². The second kappa shape index (κ2) is 10.8. The van der Waals surface area contributed by atoms with Crippen LogP contribution in [0.5, 0.6) is 0 Å². The van der Waals surface area contributed by atoms with Crippen molar-refractivity contribution in [2.75, 3.05) is 26.4 Å². The van der Waals surface area contributed by atoms with E-state index < -0.39 is 36.7 Å². The number of nitrogen functional groups attached to an aromatic ring is 1. The van der Waals surface area contributed by atoms with E-state index in [1.807, 2.05) is 36.4 Å². The largest absolute Gasteiger partial charge is 0.394 e. The first kappa shape index (κ1) is 26.9. The van der Waals surface area contributed by atoms with Gasteiger partial charge in [0, 0.05) is 26.7 Å². The number of hydrogen-bond donors (Lipinski definition) is 4. The minimum absolute atomic E-state index is 0.0235. The number of ether oxygens (including phenoxy) is 1. The van der Waals surface area contributed by atoms with Crippen LogP contribution in [0.25, 0.3) is 11.2 Å². The van der Waals surface area contributed by atoms with Crippen molar-refractivity contribution in [2.45, 2.75) is 55.8 Å². The standard InChI is InChI=1S/C27H33N7O5/c1-33(2)19(36)9-8-17-12-27(30-13-17,11-10-16-6-4-3-5-7-16)26-31-23(28)20-24(32-26)34(15-29-20)25-22(38)21(37)18(14-35)39-25/h3-7,12-13,15,18,21-22,25,35,37-38H,8-11,14H2,1-2H3,(H2,28,31,32)/t18-,21?,22?,25-,27?/m1/s1. The zero-order valence-corrected chi connectivity index (χ0v) is 21.9.